The number of allylic oxidation sites excluding steroid dienone is 1. The highest BCUT2D eigenvalue weighted by molar-refractivity contribution is 9.10. The third kappa shape index (κ3) is 4.92. The average Bonchev–Trinajstić information content (AvgIpc) is 3.53. The molecule has 0 radical (unpaired) electrons. The first-order valence-electron chi connectivity index (χ1n) is 13.0. The van der Waals surface area contributed by atoms with Crippen molar-refractivity contribution >= 4 is 45.0 Å². The predicted molar refractivity (Wildman–Crippen MR) is 157 cm³/mol. The molecule has 0 saturated carbocycles. The topological polar surface area (TPSA) is 91.6 Å². The van der Waals surface area contributed by atoms with Gasteiger partial charge in [0.2, 0.25) is 6.79 Å². The number of halogens is 1. The smallest absolute Gasteiger partial charge is 0.338 e. The normalized spacial score (nSPS) is 16.1. The molecule has 3 aromatic rings. The molecule has 1 atom stereocenters. The molecule has 0 amide bonds. The number of methoxy groups -OCH3 is 1. The lowest BCUT2D eigenvalue weighted by atomic mass is 9.95. The summed E-state index contributed by atoms with van der Waals surface area (Å²) in [4.78, 5) is 34.5. The van der Waals surface area contributed by atoms with E-state index >= 15 is 0 Å². The van der Waals surface area contributed by atoms with Gasteiger partial charge in [0.1, 0.15) is 5.75 Å². The average molecular weight is 629 g/mol. The molecular weight excluding hydrogens is 598 g/mol. The van der Waals surface area contributed by atoms with E-state index in [0.29, 0.717) is 43.4 Å². The van der Waals surface area contributed by atoms with E-state index in [1.165, 1.54) is 11.3 Å². The molecule has 210 valence electrons. The first-order chi connectivity index (χ1) is 19.3. The lowest BCUT2D eigenvalue weighted by Gasteiger charge is -2.24. The quantitative estimate of drug-likeness (QED) is 0.347. The zero-order valence-electron chi connectivity index (χ0n) is 22.9. The van der Waals surface area contributed by atoms with E-state index in [-0.39, 0.29) is 19.0 Å². The SMILES string of the molecule is CCOC(=O)C1=C(C)N=c2s/c(=C\c3cc(Br)c(N(CC)CC)cc3OC)c(=O)n2C1c1ccc2c(c1)OCO2. The molecule has 2 aliphatic rings. The molecule has 5 rings (SSSR count). The Balaban J connectivity index is 1.69. The minimum absolute atomic E-state index is 0.117. The summed E-state index contributed by atoms with van der Waals surface area (Å²) >= 11 is 4.96. The van der Waals surface area contributed by atoms with Crippen LogP contribution in [0.15, 0.2) is 55.9 Å². The van der Waals surface area contributed by atoms with E-state index in [1.807, 2.05) is 18.2 Å². The highest BCUT2D eigenvalue weighted by Gasteiger charge is 2.34. The molecule has 0 aliphatic carbocycles. The fourth-order valence-electron chi connectivity index (χ4n) is 4.99. The maximum absolute atomic E-state index is 14.0. The number of anilines is 1. The second kappa shape index (κ2) is 11.5. The Morgan fingerprint density at radius 3 is 2.65 bits per heavy atom. The van der Waals surface area contributed by atoms with E-state index in [4.69, 9.17) is 18.9 Å². The molecule has 11 heteroatoms. The summed E-state index contributed by atoms with van der Waals surface area (Å²) in [5.74, 6) is 1.30. The number of carbonyl (C=O) groups is 1. The maximum atomic E-state index is 14.0. The molecule has 2 aromatic carbocycles. The molecule has 0 N–H and O–H groups in total. The highest BCUT2D eigenvalue weighted by Crippen LogP contribution is 2.38. The first-order valence-corrected chi connectivity index (χ1v) is 14.6. The van der Waals surface area contributed by atoms with Gasteiger partial charge in [-0.1, -0.05) is 17.4 Å². The number of thiazole rings is 1. The van der Waals surface area contributed by atoms with Gasteiger partial charge in [-0.25, -0.2) is 9.79 Å². The van der Waals surface area contributed by atoms with E-state index in [0.717, 1.165) is 28.8 Å². The van der Waals surface area contributed by atoms with Gasteiger partial charge in [-0.15, -0.1) is 0 Å². The van der Waals surface area contributed by atoms with Crippen LogP contribution in [0.3, 0.4) is 0 Å². The van der Waals surface area contributed by atoms with E-state index in [2.05, 4.69) is 39.7 Å². The standard InChI is InChI=1S/C29H30BrN3O6S/c1-6-32(7-2)20-14-22(36-5)18(11-19(20)30)13-24-27(34)33-26(17-9-10-21-23(12-17)39-15-38-21)25(28(35)37-8-3)16(4)31-29(33)40-24/h9-14,26H,6-8,15H2,1-5H3/b24-13-. The minimum Gasteiger partial charge on any atom is -0.496 e. The number of nitrogens with zero attached hydrogens (tertiary/aromatic N) is 3. The van der Waals surface area contributed by atoms with Gasteiger partial charge >= 0.3 is 5.97 Å². The van der Waals surface area contributed by atoms with Crippen molar-refractivity contribution in [3.8, 4) is 17.2 Å². The summed E-state index contributed by atoms with van der Waals surface area (Å²) in [5.41, 5.74) is 2.99. The largest absolute Gasteiger partial charge is 0.496 e. The number of hydrogen-bond acceptors (Lipinski definition) is 9. The Morgan fingerprint density at radius 1 is 1.20 bits per heavy atom. The van der Waals surface area contributed by atoms with Crippen LogP contribution < -0.4 is 34.0 Å². The van der Waals surface area contributed by atoms with Crippen molar-refractivity contribution in [2.75, 3.05) is 38.5 Å². The van der Waals surface area contributed by atoms with Crippen molar-refractivity contribution in [1.29, 1.82) is 0 Å². The van der Waals surface area contributed by atoms with Crippen molar-refractivity contribution in [2.45, 2.75) is 33.7 Å². The Labute approximate surface area is 244 Å². The van der Waals surface area contributed by atoms with Crippen LogP contribution in [0.5, 0.6) is 17.2 Å². The van der Waals surface area contributed by atoms with Crippen molar-refractivity contribution in [3.63, 3.8) is 0 Å². The Bertz CT molecular complexity index is 1690. The molecule has 0 bridgehead atoms. The molecule has 2 aliphatic heterocycles. The minimum atomic E-state index is -0.745. The summed E-state index contributed by atoms with van der Waals surface area (Å²) < 4.78 is 25.1. The van der Waals surface area contributed by atoms with E-state index in [9.17, 15) is 9.59 Å². The number of esters is 1. The second-order valence-corrected chi connectivity index (χ2v) is 11.0. The molecule has 40 heavy (non-hydrogen) atoms. The number of hydrogen-bond donors (Lipinski definition) is 0. The lowest BCUT2D eigenvalue weighted by Crippen LogP contribution is -2.39. The Kier molecular flexibility index (Phi) is 8.04. The van der Waals surface area contributed by atoms with Crippen LogP contribution in [0.4, 0.5) is 5.69 Å². The summed E-state index contributed by atoms with van der Waals surface area (Å²) in [5, 5.41) is 0. The Morgan fingerprint density at radius 2 is 1.95 bits per heavy atom. The third-order valence-electron chi connectivity index (χ3n) is 6.92. The van der Waals surface area contributed by atoms with Gasteiger partial charge in [0, 0.05) is 29.2 Å². The van der Waals surface area contributed by atoms with Gasteiger partial charge < -0.3 is 23.8 Å². The van der Waals surface area contributed by atoms with Crippen LogP contribution in [-0.4, -0.2) is 44.1 Å². The fourth-order valence-corrected chi connectivity index (χ4v) is 6.63. The summed E-state index contributed by atoms with van der Waals surface area (Å²) in [6.07, 6.45) is 1.81. The van der Waals surface area contributed by atoms with Crippen LogP contribution in [-0.2, 0) is 9.53 Å². The van der Waals surface area contributed by atoms with Gasteiger partial charge in [0.05, 0.1) is 41.2 Å². The van der Waals surface area contributed by atoms with Gasteiger partial charge in [0.25, 0.3) is 5.56 Å². The molecule has 3 heterocycles. The highest BCUT2D eigenvalue weighted by atomic mass is 79.9. The van der Waals surface area contributed by atoms with Gasteiger partial charge in [-0.05, 0) is 73.5 Å². The molecule has 0 fully saturated rings. The predicted octanol–water partition coefficient (Wildman–Crippen LogP) is 4.14. The molecular formula is C29H30BrN3O6S. The number of carbonyl (C=O) groups excluding carboxylic acids is 1. The van der Waals surface area contributed by atoms with Crippen LogP contribution in [0.25, 0.3) is 6.08 Å². The van der Waals surface area contributed by atoms with Crippen molar-refractivity contribution in [3.05, 3.63) is 76.9 Å². The molecule has 1 unspecified atom stereocenters. The van der Waals surface area contributed by atoms with Gasteiger partial charge in [0.15, 0.2) is 16.3 Å². The monoisotopic (exact) mass is 627 g/mol. The third-order valence-corrected chi connectivity index (χ3v) is 8.54. The maximum Gasteiger partial charge on any atom is 0.338 e. The summed E-state index contributed by atoms with van der Waals surface area (Å²) in [6, 6.07) is 8.60. The number of rotatable bonds is 8. The van der Waals surface area contributed by atoms with Crippen molar-refractivity contribution in [1.82, 2.24) is 4.57 Å². The number of ether oxygens (including phenoxy) is 4. The number of benzene rings is 2. The fraction of sp³-hybridized carbons (Fsp3) is 0.345. The van der Waals surface area contributed by atoms with Crippen LogP contribution in [0, 0.1) is 0 Å². The van der Waals surface area contributed by atoms with Crippen molar-refractivity contribution < 1.29 is 23.7 Å². The van der Waals surface area contributed by atoms with Crippen LogP contribution >= 0.6 is 27.3 Å². The number of fused-ring (bicyclic) bond motifs is 2. The van der Waals surface area contributed by atoms with E-state index in [1.54, 1.807) is 43.7 Å². The zero-order valence-corrected chi connectivity index (χ0v) is 25.3. The summed E-state index contributed by atoms with van der Waals surface area (Å²) in [6.45, 7) is 9.71. The zero-order chi connectivity index (χ0) is 28.6. The molecule has 0 spiro atoms. The van der Waals surface area contributed by atoms with Crippen LogP contribution in [0.2, 0.25) is 0 Å². The molecule has 1 aromatic heterocycles. The summed E-state index contributed by atoms with van der Waals surface area (Å²) in [7, 11) is 1.61. The lowest BCUT2D eigenvalue weighted by molar-refractivity contribution is -0.139. The first kappa shape index (κ1) is 28.0. The molecule has 0 saturated heterocycles. The van der Waals surface area contributed by atoms with E-state index < -0.39 is 12.0 Å². The molecule has 9 nitrogen and oxygen atoms in total. The Hall–Kier alpha value is -3.57. The van der Waals surface area contributed by atoms with Crippen LogP contribution in [0.1, 0.15) is 44.9 Å². The van der Waals surface area contributed by atoms with Gasteiger partial charge in [-0.2, -0.15) is 0 Å². The second-order valence-electron chi connectivity index (χ2n) is 9.13. The van der Waals surface area contributed by atoms with Crippen molar-refractivity contribution in [2.24, 2.45) is 4.99 Å². The van der Waals surface area contributed by atoms with Gasteiger partial charge in [-0.3, -0.25) is 9.36 Å². The number of aromatic nitrogens is 1.